The van der Waals surface area contributed by atoms with Gasteiger partial charge in [-0.2, -0.15) is 0 Å². The lowest BCUT2D eigenvalue weighted by molar-refractivity contribution is 1.07. The van der Waals surface area contributed by atoms with E-state index in [1.165, 1.54) is 58.4 Å². The SMILES string of the molecule is c1ccc(-c2ccc(-c3nc(-c4ccccc4)nc(-c4cccc(-c5cccc(-c6cccc7c6sc6c8ccccc8c8ccccc8c76)c5)c4)n3)cc2)cc1. The zero-order valence-corrected chi connectivity index (χ0v) is 31.6. The van der Waals surface area contributed by atoms with E-state index in [2.05, 4.69) is 164 Å². The Balaban J connectivity index is 1.01. The Labute approximate surface area is 334 Å². The molecule has 0 aliphatic rings. The van der Waals surface area contributed by atoms with Crippen LogP contribution in [0, 0.1) is 0 Å². The summed E-state index contributed by atoms with van der Waals surface area (Å²) in [4.78, 5) is 15.1. The molecule has 0 aliphatic heterocycles. The molecule has 0 amide bonds. The van der Waals surface area contributed by atoms with Crippen LogP contribution in [0.1, 0.15) is 0 Å². The number of hydrogen-bond acceptors (Lipinski definition) is 4. The molecule has 0 radical (unpaired) electrons. The summed E-state index contributed by atoms with van der Waals surface area (Å²) in [7, 11) is 0. The quantitative estimate of drug-likeness (QED) is 0.159. The highest BCUT2D eigenvalue weighted by Gasteiger charge is 2.18. The molecular formula is C53H33N3S. The fourth-order valence-electron chi connectivity index (χ4n) is 8.15. The predicted molar refractivity (Wildman–Crippen MR) is 240 cm³/mol. The predicted octanol–water partition coefficient (Wildman–Crippen LogP) is 14.5. The minimum absolute atomic E-state index is 0.637. The zero-order valence-electron chi connectivity index (χ0n) is 30.8. The summed E-state index contributed by atoms with van der Waals surface area (Å²) >= 11 is 1.90. The Morgan fingerprint density at radius 1 is 0.263 bits per heavy atom. The number of aromatic nitrogens is 3. The van der Waals surface area contributed by atoms with Gasteiger partial charge in [-0.25, -0.2) is 15.0 Å². The average Bonchev–Trinajstić information content (AvgIpc) is 3.70. The minimum Gasteiger partial charge on any atom is -0.208 e. The van der Waals surface area contributed by atoms with Crippen LogP contribution in [0.2, 0.25) is 0 Å². The number of hydrogen-bond donors (Lipinski definition) is 0. The van der Waals surface area contributed by atoms with Crippen molar-refractivity contribution >= 4 is 53.1 Å². The second-order valence-corrected chi connectivity index (χ2v) is 15.4. The summed E-state index contributed by atoms with van der Waals surface area (Å²) in [6.45, 7) is 0. The van der Waals surface area contributed by atoms with Gasteiger partial charge < -0.3 is 0 Å². The average molecular weight is 744 g/mol. The molecular weight excluding hydrogens is 711 g/mol. The van der Waals surface area contributed by atoms with E-state index in [0.717, 1.165) is 33.4 Å². The molecule has 0 spiro atoms. The zero-order chi connectivity index (χ0) is 37.7. The molecule has 57 heavy (non-hydrogen) atoms. The first-order valence-electron chi connectivity index (χ1n) is 19.2. The third kappa shape index (κ3) is 5.86. The van der Waals surface area contributed by atoms with Gasteiger partial charge in [-0.15, -0.1) is 11.3 Å². The number of benzene rings is 9. The number of rotatable bonds is 6. The van der Waals surface area contributed by atoms with Crippen molar-refractivity contribution in [3.63, 3.8) is 0 Å². The topological polar surface area (TPSA) is 38.7 Å². The fourth-order valence-corrected chi connectivity index (χ4v) is 9.54. The van der Waals surface area contributed by atoms with Crippen molar-refractivity contribution in [1.29, 1.82) is 0 Å². The molecule has 0 unspecified atom stereocenters. The van der Waals surface area contributed by atoms with E-state index in [1.54, 1.807) is 0 Å². The van der Waals surface area contributed by atoms with E-state index in [9.17, 15) is 0 Å². The molecule has 266 valence electrons. The third-order valence-electron chi connectivity index (χ3n) is 10.9. The second kappa shape index (κ2) is 13.8. The van der Waals surface area contributed by atoms with E-state index in [4.69, 9.17) is 15.0 Å². The third-order valence-corrected chi connectivity index (χ3v) is 12.2. The molecule has 0 saturated carbocycles. The molecule has 0 fully saturated rings. The van der Waals surface area contributed by atoms with Crippen molar-refractivity contribution in [2.45, 2.75) is 0 Å². The Kier molecular flexibility index (Phi) is 8.01. The lowest BCUT2D eigenvalue weighted by atomic mass is 9.95. The van der Waals surface area contributed by atoms with Gasteiger partial charge in [-0.3, -0.25) is 0 Å². The van der Waals surface area contributed by atoms with Crippen LogP contribution < -0.4 is 0 Å². The van der Waals surface area contributed by atoms with Crippen molar-refractivity contribution in [3.8, 4) is 67.5 Å². The maximum atomic E-state index is 5.08. The van der Waals surface area contributed by atoms with Crippen LogP contribution in [0.4, 0.5) is 0 Å². The van der Waals surface area contributed by atoms with E-state index in [-0.39, 0.29) is 0 Å². The largest absolute Gasteiger partial charge is 0.208 e. The Morgan fingerprint density at radius 2 is 0.684 bits per heavy atom. The van der Waals surface area contributed by atoms with Gasteiger partial charge in [-0.05, 0) is 61.7 Å². The molecule has 9 aromatic carbocycles. The van der Waals surface area contributed by atoms with Gasteiger partial charge in [0, 0.05) is 42.2 Å². The van der Waals surface area contributed by atoms with Crippen molar-refractivity contribution in [2.24, 2.45) is 0 Å². The molecule has 0 aliphatic carbocycles. The molecule has 4 heteroatoms. The summed E-state index contributed by atoms with van der Waals surface area (Å²) in [5.74, 6) is 1.92. The smallest absolute Gasteiger partial charge is 0.164 e. The molecule has 0 N–H and O–H groups in total. The molecule has 11 rings (SSSR count). The van der Waals surface area contributed by atoms with Crippen LogP contribution in [-0.4, -0.2) is 15.0 Å². The van der Waals surface area contributed by atoms with Gasteiger partial charge in [0.15, 0.2) is 17.5 Å². The van der Waals surface area contributed by atoms with Crippen LogP contribution >= 0.6 is 11.3 Å². The van der Waals surface area contributed by atoms with Gasteiger partial charge >= 0.3 is 0 Å². The summed E-state index contributed by atoms with van der Waals surface area (Å²) in [5.41, 5.74) is 9.82. The van der Waals surface area contributed by atoms with Crippen molar-refractivity contribution in [1.82, 2.24) is 15.0 Å². The molecule has 2 heterocycles. The monoisotopic (exact) mass is 743 g/mol. The van der Waals surface area contributed by atoms with Crippen LogP contribution in [0.25, 0.3) is 109 Å². The molecule has 0 saturated heterocycles. The van der Waals surface area contributed by atoms with E-state index in [0.29, 0.717) is 17.5 Å². The summed E-state index contributed by atoms with van der Waals surface area (Å²) in [5, 5.41) is 7.86. The van der Waals surface area contributed by atoms with Gasteiger partial charge in [-0.1, -0.05) is 188 Å². The Bertz CT molecular complexity index is 3280. The van der Waals surface area contributed by atoms with Crippen molar-refractivity contribution in [2.75, 3.05) is 0 Å². The first-order valence-corrected chi connectivity index (χ1v) is 20.0. The number of thiophene rings is 1. The highest BCUT2D eigenvalue weighted by Crippen LogP contribution is 2.47. The highest BCUT2D eigenvalue weighted by atomic mass is 32.1. The molecule has 0 bridgehead atoms. The summed E-state index contributed by atoms with van der Waals surface area (Å²) in [6, 6.07) is 70.9. The van der Waals surface area contributed by atoms with E-state index in [1.807, 2.05) is 47.7 Å². The first kappa shape index (κ1) is 33.1. The molecule has 3 nitrogen and oxygen atoms in total. The molecule has 11 aromatic rings. The normalized spacial score (nSPS) is 11.5. The maximum Gasteiger partial charge on any atom is 0.164 e. The van der Waals surface area contributed by atoms with Crippen LogP contribution in [-0.2, 0) is 0 Å². The fraction of sp³-hybridized carbons (Fsp3) is 0. The second-order valence-electron chi connectivity index (χ2n) is 14.4. The molecule has 2 aromatic heterocycles. The number of nitrogens with zero attached hydrogens (tertiary/aromatic N) is 3. The van der Waals surface area contributed by atoms with Crippen LogP contribution in [0.3, 0.4) is 0 Å². The van der Waals surface area contributed by atoms with Crippen molar-refractivity contribution < 1.29 is 0 Å². The van der Waals surface area contributed by atoms with Gasteiger partial charge in [0.25, 0.3) is 0 Å². The van der Waals surface area contributed by atoms with E-state index >= 15 is 0 Å². The van der Waals surface area contributed by atoms with Crippen LogP contribution in [0.15, 0.2) is 200 Å². The summed E-state index contributed by atoms with van der Waals surface area (Å²) < 4.78 is 2.65. The van der Waals surface area contributed by atoms with Gasteiger partial charge in [0.1, 0.15) is 0 Å². The van der Waals surface area contributed by atoms with E-state index < -0.39 is 0 Å². The Hall–Kier alpha value is -7.27. The maximum absolute atomic E-state index is 5.08. The lowest BCUT2D eigenvalue weighted by Gasteiger charge is -2.11. The summed E-state index contributed by atoms with van der Waals surface area (Å²) in [6.07, 6.45) is 0. The standard InChI is InChI=1S/C53H33N3S/c1-3-14-34(15-4-1)35-28-30-37(31-29-35)52-54-51(36-16-5-2-6-17-36)55-53(56-52)41-21-12-19-39(33-41)38-18-11-20-40(32-38)42-26-13-27-47-48-45-24-9-7-22-43(45)44-23-8-10-25-46(44)50(48)57-49(42)47/h1-33H. The lowest BCUT2D eigenvalue weighted by Crippen LogP contribution is -2.00. The molecule has 0 atom stereocenters. The Morgan fingerprint density at radius 3 is 1.37 bits per heavy atom. The first-order chi connectivity index (χ1) is 28.2. The number of fused-ring (bicyclic) bond motifs is 8. The van der Waals surface area contributed by atoms with Crippen LogP contribution in [0.5, 0.6) is 0 Å². The van der Waals surface area contributed by atoms with Gasteiger partial charge in [0.05, 0.1) is 0 Å². The van der Waals surface area contributed by atoms with Crippen molar-refractivity contribution in [3.05, 3.63) is 200 Å². The highest BCUT2D eigenvalue weighted by molar-refractivity contribution is 7.27. The van der Waals surface area contributed by atoms with Gasteiger partial charge in [0.2, 0.25) is 0 Å². The minimum atomic E-state index is 0.637.